The van der Waals surface area contributed by atoms with Crippen LogP contribution in [0.25, 0.3) is 21.6 Å². The van der Waals surface area contributed by atoms with Gasteiger partial charge in [-0.25, -0.2) is 23.1 Å². The zero-order chi connectivity index (χ0) is 36.7. The number of carbonyl (C=O) groups is 3. The first-order chi connectivity index (χ1) is 24.2. The van der Waals surface area contributed by atoms with Gasteiger partial charge in [0.25, 0.3) is 21.8 Å². The zero-order valence-electron chi connectivity index (χ0n) is 28.5. The third kappa shape index (κ3) is 7.18. The number of fused-ring (bicyclic) bond motifs is 1. The van der Waals surface area contributed by atoms with Crippen LogP contribution >= 0.6 is 11.3 Å². The van der Waals surface area contributed by atoms with Gasteiger partial charge in [0.2, 0.25) is 11.8 Å². The standard InChI is InChI=1S/C36H39N5O8S2/c1-6-21-19-36(21,34(45)40-51(46,47)24-15-13-22(48-5)14-16-24)39-31(43)27-18-23(20-41(27)33(44)30(42)35(2,3)4)49-32-29(28-12-9-17-50-28)37-25-10-7-8-11-26(25)38-32/h6-17,21,23,27,30,42H,1,18-20H2,2-5H3,(H,39,43)(H,40,45)/t21-,23-,27+,30-,36-/m1/s1. The van der Waals surface area contributed by atoms with Crippen LogP contribution in [0, 0.1) is 11.3 Å². The molecule has 268 valence electrons. The number of para-hydroxylation sites is 2. The van der Waals surface area contributed by atoms with E-state index >= 15 is 0 Å². The van der Waals surface area contributed by atoms with E-state index in [1.165, 1.54) is 53.7 Å². The van der Waals surface area contributed by atoms with E-state index < -0.39 is 62.9 Å². The van der Waals surface area contributed by atoms with E-state index in [0.29, 0.717) is 22.5 Å². The average Bonchev–Trinajstić information content (AvgIpc) is 3.39. The van der Waals surface area contributed by atoms with Crippen LogP contribution < -0.4 is 19.5 Å². The van der Waals surface area contributed by atoms with Crippen LogP contribution in [0.3, 0.4) is 0 Å². The number of ether oxygens (including phenoxy) is 2. The van der Waals surface area contributed by atoms with Gasteiger partial charge in [0.1, 0.15) is 35.2 Å². The van der Waals surface area contributed by atoms with E-state index in [2.05, 4.69) is 16.6 Å². The smallest absolute Gasteiger partial charge is 0.264 e. The summed E-state index contributed by atoms with van der Waals surface area (Å²) in [6, 6.07) is 15.4. The summed E-state index contributed by atoms with van der Waals surface area (Å²) in [7, 11) is -2.88. The molecule has 3 amide bonds. The quantitative estimate of drug-likeness (QED) is 0.193. The lowest BCUT2D eigenvalue weighted by atomic mass is 9.88. The van der Waals surface area contributed by atoms with Crippen LogP contribution in [0.5, 0.6) is 11.6 Å². The van der Waals surface area contributed by atoms with Gasteiger partial charge in [-0.1, -0.05) is 45.0 Å². The van der Waals surface area contributed by atoms with Crippen molar-refractivity contribution in [2.24, 2.45) is 11.3 Å². The highest BCUT2D eigenvalue weighted by Crippen LogP contribution is 2.45. The number of nitrogens with one attached hydrogen (secondary N) is 2. The molecule has 1 aliphatic carbocycles. The molecule has 0 radical (unpaired) electrons. The van der Waals surface area contributed by atoms with Crippen LogP contribution in [0.15, 0.2) is 83.6 Å². The van der Waals surface area contributed by atoms with E-state index in [9.17, 15) is 27.9 Å². The molecule has 0 bridgehead atoms. The number of carbonyl (C=O) groups excluding carboxylic acids is 3. The second-order valence-electron chi connectivity index (χ2n) is 13.7. The van der Waals surface area contributed by atoms with Gasteiger partial charge in [-0.05, 0) is 59.7 Å². The number of sulfonamides is 1. The van der Waals surface area contributed by atoms with E-state index in [0.717, 1.165) is 4.88 Å². The SMILES string of the molecule is C=C[C@@H]1C[C@]1(NC(=O)[C@@H]1C[C@@H](Oc2nc3ccccc3nc2-c2cccs2)CN1C(=O)[C@@H](O)C(C)(C)C)C(=O)NS(=O)(=O)c1ccc(OC)cc1. The van der Waals surface area contributed by atoms with Crippen molar-refractivity contribution in [1.82, 2.24) is 24.9 Å². The number of aliphatic hydroxyl groups is 1. The Morgan fingerprint density at radius 2 is 1.76 bits per heavy atom. The molecule has 2 fully saturated rings. The molecule has 1 aliphatic heterocycles. The monoisotopic (exact) mass is 733 g/mol. The number of nitrogens with zero attached hydrogens (tertiary/aromatic N) is 3. The maximum absolute atomic E-state index is 14.1. The molecule has 2 aromatic carbocycles. The second kappa shape index (κ2) is 13.7. The maximum Gasteiger partial charge on any atom is 0.264 e. The van der Waals surface area contributed by atoms with Crippen molar-refractivity contribution in [3.05, 3.63) is 78.7 Å². The average molecular weight is 734 g/mol. The molecule has 2 aliphatic rings. The molecular weight excluding hydrogens is 695 g/mol. The molecular formula is C36H39N5O8S2. The molecule has 3 heterocycles. The highest BCUT2D eigenvalue weighted by Gasteiger charge is 2.61. The Hall–Kier alpha value is -4.86. The predicted molar refractivity (Wildman–Crippen MR) is 190 cm³/mol. The minimum Gasteiger partial charge on any atom is -0.497 e. The topological polar surface area (TPSA) is 177 Å². The van der Waals surface area contributed by atoms with Crippen molar-refractivity contribution in [1.29, 1.82) is 0 Å². The van der Waals surface area contributed by atoms with E-state index in [1.54, 1.807) is 26.8 Å². The van der Waals surface area contributed by atoms with Gasteiger partial charge in [-0.3, -0.25) is 14.4 Å². The molecule has 15 heteroatoms. The fourth-order valence-electron chi connectivity index (χ4n) is 6.06. The summed E-state index contributed by atoms with van der Waals surface area (Å²) < 4.78 is 39.9. The molecule has 4 aromatic rings. The van der Waals surface area contributed by atoms with Gasteiger partial charge in [-0.15, -0.1) is 17.9 Å². The fourth-order valence-corrected chi connectivity index (χ4v) is 7.81. The van der Waals surface area contributed by atoms with Gasteiger partial charge in [0, 0.05) is 12.3 Å². The Morgan fingerprint density at radius 1 is 1.08 bits per heavy atom. The maximum atomic E-state index is 14.1. The number of thiophene rings is 1. The summed E-state index contributed by atoms with van der Waals surface area (Å²) in [6.07, 6.45) is -0.651. The van der Waals surface area contributed by atoms with Crippen molar-refractivity contribution < 1.29 is 37.4 Å². The Bertz CT molecular complexity index is 2080. The Balaban J connectivity index is 1.27. The van der Waals surface area contributed by atoms with E-state index in [4.69, 9.17) is 19.4 Å². The number of benzene rings is 2. The summed E-state index contributed by atoms with van der Waals surface area (Å²) >= 11 is 1.46. The number of aliphatic hydroxyl groups excluding tert-OH is 1. The van der Waals surface area contributed by atoms with Crippen molar-refractivity contribution in [3.63, 3.8) is 0 Å². The number of hydrogen-bond donors (Lipinski definition) is 3. The molecule has 0 unspecified atom stereocenters. The molecule has 3 N–H and O–H groups in total. The van der Waals surface area contributed by atoms with Crippen LogP contribution in [0.1, 0.15) is 33.6 Å². The number of amides is 3. The predicted octanol–water partition coefficient (Wildman–Crippen LogP) is 3.69. The van der Waals surface area contributed by atoms with E-state index in [-0.39, 0.29) is 30.2 Å². The number of methoxy groups -OCH3 is 1. The first kappa shape index (κ1) is 35.9. The van der Waals surface area contributed by atoms with Crippen LogP contribution in [0.4, 0.5) is 0 Å². The van der Waals surface area contributed by atoms with Gasteiger partial charge in [-0.2, -0.15) is 0 Å². The third-order valence-electron chi connectivity index (χ3n) is 9.12. The van der Waals surface area contributed by atoms with Gasteiger partial charge < -0.3 is 24.8 Å². The first-order valence-electron chi connectivity index (χ1n) is 16.3. The van der Waals surface area contributed by atoms with Gasteiger partial charge in [0.05, 0.1) is 34.5 Å². The number of hydrogen-bond acceptors (Lipinski definition) is 11. The summed E-state index contributed by atoms with van der Waals surface area (Å²) in [5.41, 5.74) is -0.720. The summed E-state index contributed by atoms with van der Waals surface area (Å²) in [6.45, 7) is 8.79. The third-order valence-corrected chi connectivity index (χ3v) is 11.3. The van der Waals surface area contributed by atoms with Crippen molar-refractivity contribution >= 4 is 50.1 Å². The lowest BCUT2D eigenvalue weighted by molar-refractivity contribution is -0.150. The molecule has 1 saturated carbocycles. The Morgan fingerprint density at radius 3 is 2.35 bits per heavy atom. The molecule has 0 spiro atoms. The molecule has 2 aromatic heterocycles. The Kier molecular flexibility index (Phi) is 9.65. The normalized spacial score (nSPS) is 22.2. The minimum absolute atomic E-state index is 0.00652. The highest BCUT2D eigenvalue weighted by atomic mass is 32.2. The largest absolute Gasteiger partial charge is 0.497 e. The molecule has 1 saturated heterocycles. The van der Waals surface area contributed by atoms with Crippen LogP contribution in [-0.2, 0) is 24.4 Å². The zero-order valence-corrected chi connectivity index (χ0v) is 30.2. The lowest BCUT2D eigenvalue weighted by Crippen LogP contribution is -2.57. The van der Waals surface area contributed by atoms with Gasteiger partial charge in [0.15, 0.2) is 0 Å². The summed E-state index contributed by atoms with van der Waals surface area (Å²) in [5, 5.41) is 15.7. The van der Waals surface area contributed by atoms with Crippen LogP contribution in [-0.4, -0.2) is 83.6 Å². The lowest BCUT2D eigenvalue weighted by Gasteiger charge is -2.32. The fraction of sp³-hybridized carbons (Fsp3) is 0.361. The first-order valence-corrected chi connectivity index (χ1v) is 18.6. The molecule has 6 rings (SSSR count). The highest BCUT2D eigenvalue weighted by molar-refractivity contribution is 7.90. The van der Waals surface area contributed by atoms with Crippen molar-refractivity contribution in [3.8, 4) is 22.2 Å². The molecule has 51 heavy (non-hydrogen) atoms. The second-order valence-corrected chi connectivity index (χ2v) is 16.3. The number of aromatic nitrogens is 2. The minimum atomic E-state index is -4.32. The van der Waals surface area contributed by atoms with Gasteiger partial charge >= 0.3 is 0 Å². The van der Waals surface area contributed by atoms with Crippen molar-refractivity contribution in [2.75, 3.05) is 13.7 Å². The van der Waals surface area contributed by atoms with Crippen LogP contribution in [0.2, 0.25) is 0 Å². The Labute approximate surface area is 299 Å². The number of likely N-dealkylation sites (tertiary alicyclic amines) is 1. The molecule has 13 nitrogen and oxygen atoms in total. The number of rotatable bonds is 11. The summed E-state index contributed by atoms with van der Waals surface area (Å²) in [4.78, 5) is 53.0. The summed E-state index contributed by atoms with van der Waals surface area (Å²) in [5.74, 6) is -2.26. The van der Waals surface area contributed by atoms with Crippen molar-refractivity contribution in [2.45, 2.75) is 62.3 Å². The molecule has 5 atom stereocenters. The van der Waals surface area contributed by atoms with E-state index in [1.807, 2.05) is 35.7 Å².